The summed E-state index contributed by atoms with van der Waals surface area (Å²) in [6.45, 7) is 7.13. The topological polar surface area (TPSA) is 58.4 Å². The highest BCUT2D eigenvalue weighted by Crippen LogP contribution is 2.37. The van der Waals surface area contributed by atoms with E-state index < -0.39 is 5.54 Å². The number of rotatable bonds is 7. The third-order valence-electron chi connectivity index (χ3n) is 4.73. The first-order valence-corrected chi connectivity index (χ1v) is 7.34. The number of nitrogens with two attached hydrogens (primary N) is 1. The molecule has 0 radical (unpaired) electrons. The Morgan fingerprint density at radius 1 is 1.50 bits per heavy atom. The van der Waals surface area contributed by atoms with Crippen LogP contribution in [-0.4, -0.2) is 42.0 Å². The molecule has 104 valence electrons. The molecular formula is C14H27N3O. The molecule has 0 aromatic carbocycles. The minimum atomic E-state index is -0.544. The fraction of sp³-hybridized carbons (Fsp3) is 0.929. The number of likely N-dealkylation sites (tertiary alicyclic amines) is 1. The minimum absolute atomic E-state index is 0.222. The van der Waals surface area contributed by atoms with E-state index in [0.717, 1.165) is 37.9 Å². The van der Waals surface area contributed by atoms with E-state index in [1.807, 2.05) is 6.92 Å². The van der Waals surface area contributed by atoms with Gasteiger partial charge in [-0.05, 0) is 51.5 Å². The summed E-state index contributed by atoms with van der Waals surface area (Å²) < 4.78 is 0. The van der Waals surface area contributed by atoms with Crippen molar-refractivity contribution >= 4 is 5.91 Å². The lowest BCUT2D eigenvalue weighted by Crippen LogP contribution is -2.55. The molecule has 1 saturated carbocycles. The first-order chi connectivity index (χ1) is 8.55. The van der Waals surface area contributed by atoms with Crippen LogP contribution in [0.2, 0.25) is 0 Å². The lowest BCUT2D eigenvalue weighted by atomic mass is 9.95. The predicted molar refractivity (Wildman–Crippen MR) is 73.2 cm³/mol. The van der Waals surface area contributed by atoms with Crippen molar-refractivity contribution in [1.29, 1.82) is 0 Å². The molecule has 2 bridgehead atoms. The van der Waals surface area contributed by atoms with E-state index >= 15 is 0 Å². The lowest BCUT2D eigenvalue weighted by molar-refractivity contribution is -0.124. The van der Waals surface area contributed by atoms with Crippen molar-refractivity contribution in [3.8, 4) is 0 Å². The lowest BCUT2D eigenvalue weighted by Gasteiger charge is -2.32. The Balaban J connectivity index is 1.84. The Morgan fingerprint density at radius 3 is 2.78 bits per heavy atom. The van der Waals surface area contributed by atoms with E-state index in [2.05, 4.69) is 17.1 Å². The van der Waals surface area contributed by atoms with Crippen LogP contribution in [0.25, 0.3) is 0 Å². The number of nitrogens with zero attached hydrogens (tertiary/aromatic N) is 1. The molecule has 4 heteroatoms. The summed E-state index contributed by atoms with van der Waals surface area (Å²) in [5, 5.41) is 3.31. The maximum atomic E-state index is 11.6. The number of hydrogen-bond acceptors (Lipinski definition) is 3. The summed E-state index contributed by atoms with van der Waals surface area (Å²) >= 11 is 0. The normalized spacial score (nSPS) is 30.6. The van der Waals surface area contributed by atoms with Gasteiger partial charge in [0, 0.05) is 19.1 Å². The highest BCUT2D eigenvalue weighted by molar-refractivity contribution is 5.84. The van der Waals surface area contributed by atoms with Gasteiger partial charge in [-0.2, -0.15) is 0 Å². The first kappa shape index (κ1) is 13.8. The second-order valence-electron chi connectivity index (χ2n) is 6.20. The van der Waals surface area contributed by atoms with Crippen LogP contribution in [0.5, 0.6) is 0 Å². The van der Waals surface area contributed by atoms with Crippen molar-refractivity contribution < 1.29 is 4.79 Å². The molecule has 0 aromatic rings. The van der Waals surface area contributed by atoms with Gasteiger partial charge < -0.3 is 16.0 Å². The van der Waals surface area contributed by atoms with Crippen LogP contribution >= 0.6 is 0 Å². The first-order valence-electron chi connectivity index (χ1n) is 7.34. The smallest absolute Gasteiger partial charge is 0.237 e. The zero-order valence-electron chi connectivity index (χ0n) is 11.7. The molecule has 1 saturated heterocycles. The molecule has 4 nitrogen and oxygen atoms in total. The number of carbonyl (C=O) groups excluding carboxylic acids is 1. The van der Waals surface area contributed by atoms with Gasteiger partial charge in [-0.15, -0.1) is 0 Å². The van der Waals surface area contributed by atoms with Crippen LogP contribution < -0.4 is 11.1 Å². The summed E-state index contributed by atoms with van der Waals surface area (Å²) in [6.07, 6.45) is 5.97. The number of hydrogen-bond donors (Lipinski definition) is 2. The number of amides is 1. The zero-order valence-corrected chi connectivity index (χ0v) is 11.7. The Kier molecular flexibility index (Phi) is 4.28. The third-order valence-corrected chi connectivity index (χ3v) is 4.73. The molecule has 3 atom stereocenters. The molecule has 1 aliphatic carbocycles. The van der Waals surface area contributed by atoms with Gasteiger partial charge in [0.15, 0.2) is 0 Å². The predicted octanol–water partition coefficient (Wildman–Crippen LogP) is 1.10. The molecule has 2 fully saturated rings. The molecule has 0 spiro atoms. The zero-order chi connectivity index (χ0) is 13.2. The van der Waals surface area contributed by atoms with Gasteiger partial charge >= 0.3 is 0 Å². The molecular weight excluding hydrogens is 226 g/mol. The number of carbonyl (C=O) groups is 1. The Labute approximate surface area is 110 Å². The highest BCUT2D eigenvalue weighted by Gasteiger charge is 2.39. The number of piperidine rings is 1. The van der Waals surface area contributed by atoms with Crippen molar-refractivity contribution in [1.82, 2.24) is 10.2 Å². The quantitative estimate of drug-likeness (QED) is 0.714. The second kappa shape index (κ2) is 5.57. The number of nitrogens with one attached hydrogen (secondary N) is 1. The molecule has 0 aromatic heterocycles. The average Bonchev–Trinajstić information content (AvgIpc) is 2.95. The summed E-state index contributed by atoms with van der Waals surface area (Å²) in [5.74, 6) is 0.693. The van der Waals surface area contributed by atoms with Crippen molar-refractivity contribution in [2.24, 2.45) is 11.7 Å². The van der Waals surface area contributed by atoms with Crippen molar-refractivity contribution in [3.05, 3.63) is 0 Å². The maximum Gasteiger partial charge on any atom is 0.237 e. The van der Waals surface area contributed by atoms with Gasteiger partial charge in [-0.1, -0.05) is 6.92 Å². The molecule has 3 unspecified atom stereocenters. The van der Waals surface area contributed by atoms with Gasteiger partial charge in [0.1, 0.15) is 0 Å². The molecule has 3 N–H and O–H groups in total. The van der Waals surface area contributed by atoms with Gasteiger partial charge in [0.05, 0.1) is 5.54 Å². The van der Waals surface area contributed by atoms with Crippen LogP contribution in [0.4, 0.5) is 0 Å². The SMILES string of the molecule is CCCNC(C)(CCN1CC2CCC1C2)C(N)=O. The molecule has 2 rings (SSSR count). The Bertz CT molecular complexity index is 307. The summed E-state index contributed by atoms with van der Waals surface area (Å²) in [5.41, 5.74) is 5.01. The molecule has 2 aliphatic rings. The summed E-state index contributed by atoms with van der Waals surface area (Å²) in [7, 11) is 0. The molecule has 1 heterocycles. The fourth-order valence-electron chi connectivity index (χ4n) is 3.37. The number of fused-ring (bicyclic) bond motifs is 2. The monoisotopic (exact) mass is 253 g/mol. The van der Waals surface area contributed by atoms with Gasteiger partial charge in [0.25, 0.3) is 0 Å². The second-order valence-corrected chi connectivity index (χ2v) is 6.20. The van der Waals surface area contributed by atoms with Crippen LogP contribution in [0.1, 0.15) is 46.0 Å². The average molecular weight is 253 g/mol. The standard InChI is InChI=1S/C14H27N3O/c1-3-7-16-14(2,13(15)18)6-8-17-10-11-4-5-12(17)9-11/h11-12,16H,3-10H2,1-2H3,(H2,15,18). The van der Waals surface area contributed by atoms with Crippen LogP contribution in [-0.2, 0) is 4.79 Å². The van der Waals surface area contributed by atoms with Gasteiger partial charge in [-0.3, -0.25) is 4.79 Å². The highest BCUT2D eigenvalue weighted by atomic mass is 16.1. The Hall–Kier alpha value is -0.610. The van der Waals surface area contributed by atoms with E-state index in [9.17, 15) is 4.79 Å². The molecule has 1 aliphatic heterocycles. The largest absolute Gasteiger partial charge is 0.368 e. The van der Waals surface area contributed by atoms with E-state index in [4.69, 9.17) is 5.73 Å². The van der Waals surface area contributed by atoms with E-state index in [0.29, 0.717) is 0 Å². The van der Waals surface area contributed by atoms with Gasteiger partial charge in [0.2, 0.25) is 5.91 Å². The minimum Gasteiger partial charge on any atom is -0.368 e. The number of primary amides is 1. The maximum absolute atomic E-state index is 11.6. The van der Waals surface area contributed by atoms with Crippen molar-refractivity contribution in [2.45, 2.75) is 57.5 Å². The molecule has 1 amide bonds. The van der Waals surface area contributed by atoms with Crippen molar-refractivity contribution in [3.63, 3.8) is 0 Å². The van der Waals surface area contributed by atoms with E-state index in [1.165, 1.54) is 25.8 Å². The summed E-state index contributed by atoms with van der Waals surface area (Å²) in [6, 6.07) is 0.776. The van der Waals surface area contributed by atoms with Crippen LogP contribution in [0, 0.1) is 5.92 Å². The van der Waals surface area contributed by atoms with E-state index in [1.54, 1.807) is 0 Å². The van der Waals surface area contributed by atoms with Crippen molar-refractivity contribution in [2.75, 3.05) is 19.6 Å². The molecule has 18 heavy (non-hydrogen) atoms. The summed E-state index contributed by atoms with van der Waals surface area (Å²) in [4.78, 5) is 14.2. The fourth-order valence-corrected chi connectivity index (χ4v) is 3.37. The van der Waals surface area contributed by atoms with Crippen LogP contribution in [0.3, 0.4) is 0 Å². The Morgan fingerprint density at radius 2 is 2.28 bits per heavy atom. The van der Waals surface area contributed by atoms with E-state index in [-0.39, 0.29) is 5.91 Å². The third kappa shape index (κ3) is 2.86. The van der Waals surface area contributed by atoms with Gasteiger partial charge in [-0.25, -0.2) is 0 Å². The van der Waals surface area contributed by atoms with Crippen LogP contribution in [0.15, 0.2) is 0 Å².